The Balaban J connectivity index is 2.06. The van der Waals surface area contributed by atoms with Gasteiger partial charge >= 0.3 is 6.03 Å². The maximum absolute atomic E-state index is 13.2. The van der Waals surface area contributed by atoms with Crippen LogP contribution in [0.2, 0.25) is 0 Å². The molecule has 2 rings (SSSR count). The lowest BCUT2D eigenvalue weighted by Crippen LogP contribution is -2.43. The van der Waals surface area contributed by atoms with Crippen molar-refractivity contribution < 1.29 is 9.18 Å². The van der Waals surface area contributed by atoms with Crippen molar-refractivity contribution in [3.05, 3.63) is 60.2 Å². The average Bonchev–Trinajstić information content (AvgIpc) is 2.39. The summed E-state index contributed by atoms with van der Waals surface area (Å²) in [5.74, 6) is -0.327. The Hall–Kier alpha value is -2.43. The van der Waals surface area contributed by atoms with Crippen molar-refractivity contribution in [1.82, 2.24) is 10.3 Å². The third kappa shape index (κ3) is 3.54. The summed E-state index contributed by atoms with van der Waals surface area (Å²) >= 11 is 0. The van der Waals surface area contributed by atoms with E-state index in [4.69, 9.17) is 0 Å². The zero-order valence-electron chi connectivity index (χ0n) is 11.4. The number of hydrogen-bond donors (Lipinski definition) is 2. The summed E-state index contributed by atoms with van der Waals surface area (Å²) in [6, 6.07) is 9.20. The molecule has 5 heteroatoms. The van der Waals surface area contributed by atoms with Crippen molar-refractivity contribution in [3.8, 4) is 0 Å². The average molecular weight is 273 g/mol. The van der Waals surface area contributed by atoms with Crippen LogP contribution < -0.4 is 10.6 Å². The van der Waals surface area contributed by atoms with E-state index in [1.165, 1.54) is 12.1 Å². The molecule has 20 heavy (non-hydrogen) atoms. The molecule has 2 aromatic rings. The van der Waals surface area contributed by atoms with Crippen LogP contribution in [0, 0.1) is 5.82 Å². The Morgan fingerprint density at radius 3 is 2.55 bits per heavy atom. The molecule has 0 unspecified atom stereocenters. The Kier molecular flexibility index (Phi) is 3.98. The quantitative estimate of drug-likeness (QED) is 0.901. The van der Waals surface area contributed by atoms with Gasteiger partial charge in [-0.1, -0.05) is 12.1 Å². The predicted molar refractivity (Wildman–Crippen MR) is 75.8 cm³/mol. The van der Waals surface area contributed by atoms with E-state index < -0.39 is 5.54 Å². The number of halogens is 1. The van der Waals surface area contributed by atoms with Gasteiger partial charge < -0.3 is 10.6 Å². The van der Waals surface area contributed by atoms with Gasteiger partial charge in [0.25, 0.3) is 0 Å². The molecule has 4 nitrogen and oxygen atoms in total. The zero-order chi connectivity index (χ0) is 14.6. The van der Waals surface area contributed by atoms with Crippen LogP contribution in [-0.2, 0) is 5.54 Å². The molecule has 2 amide bonds. The van der Waals surface area contributed by atoms with Gasteiger partial charge in [-0.05, 0) is 43.7 Å². The first-order valence-electron chi connectivity index (χ1n) is 6.22. The normalized spacial score (nSPS) is 10.9. The number of pyridine rings is 1. The van der Waals surface area contributed by atoms with E-state index in [1.54, 1.807) is 36.7 Å². The molecule has 1 aromatic carbocycles. The third-order valence-corrected chi connectivity index (χ3v) is 2.91. The Labute approximate surface area is 117 Å². The molecule has 1 aromatic heterocycles. The Morgan fingerprint density at radius 2 is 1.90 bits per heavy atom. The van der Waals surface area contributed by atoms with Crippen LogP contribution in [0.5, 0.6) is 0 Å². The number of hydrogen-bond acceptors (Lipinski definition) is 2. The second-order valence-electron chi connectivity index (χ2n) is 4.95. The summed E-state index contributed by atoms with van der Waals surface area (Å²) in [4.78, 5) is 15.8. The van der Waals surface area contributed by atoms with Crippen molar-refractivity contribution in [2.75, 3.05) is 5.32 Å². The second-order valence-corrected chi connectivity index (χ2v) is 4.95. The largest absolute Gasteiger partial charge is 0.329 e. The maximum Gasteiger partial charge on any atom is 0.319 e. The molecule has 2 N–H and O–H groups in total. The van der Waals surface area contributed by atoms with Crippen LogP contribution >= 0.6 is 0 Å². The van der Waals surface area contributed by atoms with Crippen LogP contribution in [-0.4, -0.2) is 11.0 Å². The minimum absolute atomic E-state index is 0.327. The second kappa shape index (κ2) is 5.69. The predicted octanol–water partition coefficient (Wildman–Crippen LogP) is 3.28. The van der Waals surface area contributed by atoms with Gasteiger partial charge in [0, 0.05) is 18.1 Å². The van der Waals surface area contributed by atoms with Crippen molar-refractivity contribution in [2.45, 2.75) is 19.4 Å². The number of amides is 2. The van der Waals surface area contributed by atoms with Gasteiger partial charge in [0.15, 0.2) is 0 Å². The topological polar surface area (TPSA) is 54.0 Å². The first kappa shape index (κ1) is 14.0. The summed E-state index contributed by atoms with van der Waals surface area (Å²) in [6.45, 7) is 3.63. The Morgan fingerprint density at radius 1 is 1.20 bits per heavy atom. The minimum Gasteiger partial charge on any atom is -0.329 e. The molecule has 0 saturated carbocycles. The van der Waals surface area contributed by atoms with Gasteiger partial charge in [0.1, 0.15) is 5.82 Å². The van der Waals surface area contributed by atoms with E-state index in [9.17, 15) is 9.18 Å². The molecular formula is C15H16FN3O. The summed E-state index contributed by atoms with van der Waals surface area (Å²) in [6.07, 6.45) is 3.18. The number of nitrogens with one attached hydrogen (secondary N) is 2. The van der Waals surface area contributed by atoms with Gasteiger partial charge in [0.2, 0.25) is 0 Å². The lowest BCUT2D eigenvalue weighted by Gasteiger charge is -2.27. The van der Waals surface area contributed by atoms with Crippen LogP contribution in [0.3, 0.4) is 0 Å². The fourth-order valence-electron chi connectivity index (χ4n) is 1.83. The lowest BCUT2D eigenvalue weighted by atomic mass is 9.94. The molecule has 0 saturated heterocycles. The van der Waals surface area contributed by atoms with E-state index in [0.29, 0.717) is 11.3 Å². The number of urea groups is 1. The van der Waals surface area contributed by atoms with Crippen LogP contribution in [0.4, 0.5) is 14.9 Å². The first-order chi connectivity index (χ1) is 9.47. The van der Waals surface area contributed by atoms with Crippen LogP contribution in [0.25, 0.3) is 0 Å². The van der Waals surface area contributed by atoms with E-state index in [-0.39, 0.29) is 11.8 Å². The number of nitrogens with zero attached hydrogens (tertiary/aromatic N) is 1. The number of carbonyl (C=O) groups is 1. The summed E-state index contributed by atoms with van der Waals surface area (Å²) in [7, 11) is 0. The number of aromatic nitrogens is 1. The van der Waals surface area contributed by atoms with Gasteiger partial charge in [0.05, 0.1) is 5.54 Å². The standard InChI is InChI=1S/C15H16FN3O/c1-15(2,11-4-3-5-12(16)10-11)19-14(20)18-13-6-8-17-9-7-13/h3-10H,1-2H3,(H2,17,18,19,20). The molecule has 1 heterocycles. The monoisotopic (exact) mass is 273 g/mol. The minimum atomic E-state index is -0.681. The van der Waals surface area contributed by atoms with E-state index in [2.05, 4.69) is 15.6 Å². The van der Waals surface area contributed by atoms with Gasteiger partial charge in [-0.3, -0.25) is 4.98 Å². The van der Waals surface area contributed by atoms with Crippen molar-refractivity contribution >= 4 is 11.7 Å². The fraction of sp³-hybridized carbons (Fsp3) is 0.200. The molecular weight excluding hydrogens is 257 g/mol. The number of benzene rings is 1. The van der Waals surface area contributed by atoms with E-state index >= 15 is 0 Å². The van der Waals surface area contributed by atoms with Crippen molar-refractivity contribution in [2.24, 2.45) is 0 Å². The van der Waals surface area contributed by atoms with Crippen molar-refractivity contribution in [3.63, 3.8) is 0 Å². The molecule has 0 aliphatic rings. The smallest absolute Gasteiger partial charge is 0.319 e. The van der Waals surface area contributed by atoms with E-state index in [1.807, 2.05) is 13.8 Å². The zero-order valence-corrected chi connectivity index (χ0v) is 11.4. The molecule has 0 fully saturated rings. The third-order valence-electron chi connectivity index (χ3n) is 2.91. The molecule has 0 radical (unpaired) electrons. The summed E-state index contributed by atoms with van der Waals surface area (Å²) in [5.41, 5.74) is 0.661. The molecule has 0 atom stereocenters. The first-order valence-corrected chi connectivity index (χ1v) is 6.22. The van der Waals surface area contributed by atoms with Gasteiger partial charge in [-0.15, -0.1) is 0 Å². The maximum atomic E-state index is 13.2. The summed E-state index contributed by atoms with van der Waals surface area (Å²) < 4.78 is 13.2. The van der Waals surface area contributed by atoms with Crippen LogP contribution in [0.15, 0.2) is 48.8 Å². The highest BCUT2D eigenvalue weighted by Gasteiger charge is 2.23. The van der Waals surface area contributed by atoms with Gasteiger partial charge in [-0.25, -0.2) is 9.18 Å². The number of carbonyl (C=O) groups excluding carboxylic acids is 1. The molecule has 0 aliphatic heterocycles. The molecule has 0 aliphatic carbocycles. The highest BCUT2D eigenvalue weighted by atomic mass is 19.1. The molecule has 0 bridgehead atoms. The van der Waals surface area contributed by atoms with Crippen LogP contribution in [0.1, 0.15) is 19.4 Å². The SMILES string of the molecule is CC(C)(NC(=O)Nc1ccncc1)c1cccc(F)c1. The molecule has 104 valence electrons. The number of rotatable bonds is 3. The highest BCUT2D eigenvalue weighted by Crippen LogP contribution is 2.20. The van der Waals surface area contributed by atoms with E-state index in [0.717, 1.165) is 0 Å². The fourth-order valence-corrected chi connectivity index (χ4v) is 1.83. The highest BCUT2D eigenvalue weighted by molar-refractivity contribution is 5.89. The van der Waals surface area contributed by atoms with Crippen molar-refractivity contribution in [1.29, 1.82) is 0 Å². The Bertz CT molecular complexity index is 599. The number of anilines is 1. The molecule has 0 spiro atoms. The summed E-state index contributed by atoms with van der Waals surface area (Å²) in [5, 5.41) is 5.51. The van der Waals surface area contributed by atoms with Gasteiger partial charge in [-0.2, -0.15) is 0 Å². The lowest BCUT2D eigenvalue weighted by molar-refractivity contribution is 0.242.